The number of nitrogens with zero attached hydrogens (tertiary/aromatic N) is 1. The normalized spacial score (nSPS) is 15.0. The molecule has 2 aromatic carbocycles. The number of rotatable bonds is 4. The maximum atomic E-state index is 9.19. The van der Waals surface area contributed by atoms with E-state index in [4.69, 9.17) is 4.84 Å². The highest BCUT2D eigenvalue weighted by atomic mass is 16.6. The molecule has 21 heavy (non-hydrogen) atoms. The van der Waals surface area contributed by atoms with E-state index in [0.29, 0.717) is 12.1 Å². The Morgan fingerprint density at radius 2 is 1.86 bits per heavy atom. The zero-order valence-corrected chi connectivity index (χ0v) is 11.6. The second-order valence-corrected chi connectivity index (χ2v) is 5.09. The van der Waals surface area contributed by atoms with Crippen LogP contribution in [0.4, 0.5) is 0 Å². The van der Waals surface area contributed by atoms with Crippen LogP contribution in [-0.4, -0.2) is 22.9 Å². The lowest BCUT2D eigenvalue weighted by molar-refractivity contribution is 0.130. The van der Waals surface area contributed by atoms with Crippen LogP contribution in [0.25, 0.3) is 0 Å². The molecule has 2 N–H and O–H groups in total. The third kappa shape index (κ3) is 3.15. The molecule has 2 aromatic rings. The molecular weight excluding hydrogens is 265 g/mol. The fourth-order valence-corrected chi connectivity index (χ4v) is 2.50. The summed E-state index contributed by atoms with van der Waals surface area (Å²) in [7, 11) is -1.43. The Hall–Kier alpha value is -2.11. The van der Waals surface area contributed by atoms with E-state index >= 15 is 0 Å². The molecule has 0 unspecified atom stereocenters. The SMILES string of the molecule is OB(O)c1ccc2c(c1)CCC2=NOCc1ccccc1. The van der Waals surface area contributed by atoms with Crippen LogP contribution in [0.15, 0.2) is 53.7 Å². The molecule has 4 nitrogen and oxygen atoms in total. The van der Waals surface area contributed by atoms with Gasteiger partial charge in [0.05, 0.1) is 5.71 Å². The summed E-state index contributed by atoms with van der Waals surface area (Å²) < 4.78 is 0. The molecule has 0 atom stereocenters. The van der Waals surface area contributed by atoms with Crippen molar-refractivity contribution < 1.29 is 14.9 Å². The number of benzene rings is 2. The molecule has 106 valence electrons. The van der Waals surface area contributed by atoms with Crippen molar-refractivity contribution in [3.63, 3.8) is 0 Å². The number of aryl methyl sites for hydroxylation is 1. The van der Waals surface area contributed by atoms with Crippen LogP contribution in [0.1, 0.15) is 23.1 Å². The third-order valence-electron chi connectivity index (χ3n) is 3.62. The van der Waals surface area contributed by atoms with Gasteiger partial charge in [0.2, 0.25) is 0 Å². The van der Waals surface area contributed by atoms with Gasteiger partial charge in [-0.1, -0.05) is 53.7 Å². The average Bonchev–Trinajstić information content (AvgIpc) is 2.91. The van der Waals surface area contributed by atoms with Crippen molar-refractivity contribution in [2.75, 3.05) is 0 Å². The third-order valence-corrected chi connectivity index (χ3v) is 3.62. The minimum absolute atomic E-state index is 0.451. The zero-order chi connectivity index (χ0) is 14.7. The minimum atomic E-state index is -1.43. The van der Waals surface area contributed by atoms with Gasteiger partial charge >= 0.3 is 7.12 Å². The summed E-state index contributed by atoms with van der Waals surface area (Å²) in [4.78, 5) is 5.43. The highest BCUT2D eigenvalue weighted by molar-refractivity contribution is 6.58. The summed E-state index contributed by atoms with van der Waals surface area (Å²) >= 11 is 0. The van der Waals surface area contributed by atoms with Crippen LogP contribution in [0.5, 0.6) is 0 Å². The van der Waals surface area contributed by atoms with Crippen molar-refractivity contribution in [3.05, 3.63) is 65.2 Å². The van der Waals surface area contributed by atoms with Gasteiger partial charge in [-0.15, -0.1) is 0 Å². The Morgan fingerprint density at radius 3 is 2.62 bits per heavy atom. The van der Waals surface area contributed by atoms with Crippen LogP contribution in [0, 0.1) is 0 Å². The molecule has 0 heterocycles. The zero-order valence-electron chi connectivity index (χ0n) is 11.6. The van der Waals surface area contributed by atoms with Gasteiger partial charge in [-0.05, 0) is 29.4 Å². The molecule has 0 saturated carbocycles. The lowest BCUT2D eigenvalue weighted by Crippen LogP contribution is -2.30. The van der Waals surface area contributed by atoms with Crippen molar-refractivity contribution in [2.45, 2.75) is 19.4 Å². The van der Waals surface area contributed by atoms with E-state index in [1.807, 2.05) is 42.5 Å². The first-order valence-corrected chi connectivity index (χ1v) is 6.96. The van der Waals surface area contributed by atoms with Crippen LogP contribution in [0.3, 0.4) is 0 Å². The van der Waals surface area contributed by atoms with Crippen LogP contribution in [0.2, 0.25) is 0 Å². The first-order chi connectivity index (χ1) is 10.2. The van der Waals surface area contributed by atoms with E-state index in [-0.39, 0.29) is 0 Å². The molecule has 1 aliphatic carbocycles. The maximum Gasteiger partial charge on any atom is 0.488 e. The molecule has 0 aromatic heterocycles. The van der Waals surface area contributed by atoms with Crippen molar-refractivity contribution in [3.8, 4) is 0 Å². The summed E-state index contributed by atoms with van der Waals surface area (Å²) in [5, 5.41) is 22.6. The predicted octanol–water partition coefficient (Wildman–Crippen LogP) is 1.23. The average molecular weight is 281 g/mol. The predicted molar refractivity (Wildman–Crippen MR) is 82.4 cm³/mol. The van der Waals surface area contributed by atoms with Gasteiger partial charge < -0.3 is 14.9 Å². The summed E-state index contributed by atoms with van der Waals surface area (Å²) in [6, 6.07) is 15.3. The van der Waals surface area contributed by atoms with Gasteiger partial charge in [-0.25, -0.2) is 0 Å². The Balaban J connectivity index is 1.70. The molecule has 0 amide bonds. The topological polar surface area (TPSA) is 62.0 Å². The molecule has 0 radical (unpaired) electrons. The highest BCUT2D eigenvalue weighted by Crippen LogP contribution is 2.22. The number of oxime groups is 1. The highest BCUT2D eigenvalue weighted by Gasteiger charge is 2.21. The van der Waals surface area contributed by atoms with Crippen molar-refractivity contribution >= 4 is 18.3 Å². The van der Waals surface area contributed by atoms with E-state index in [1.165, 1.54) is 0 Å². The standard InChI is InChI=1S/C16H16BNO3/c19-17(20)14-7-8-15-13(10-14)6-9-16(15)18-21-11-12-4-2-1-3-5-12/h1-5,7-8,10,19-20H,6,9,11H2. The largest absolute Gasteiger partial charge is 0.488 e. The number of fused-ring (bicyclic) bond motifs is 1. The Bertz CT molecular complexity index is 656. The van der Waals surface area contributed by atoms with E-state index in [2.05, 4.69) is 5.16 Å². The monoisotopic (exact) mass is 281 g/mol. The van der Waals surface area contributed by atoms with Crippen LogP contribution < -0.4 is 5.46 Å². The van der Waals surface area contributed by atoms with Gasteiger partial charge in [-0.3, -0.25) is 0 Å². The second-order valence-electron chi connectivity index (χ2n) is 5.09. The first-order valence-electron chi connectivity index (χ1n) is 6.96. The Labute approximate surface area is 123 Å². The summed E-state index contributed by atoms with van der Waals surface area (Å²) in [5.41, 5.74) is 4.63. The molecular formula is C16H16BNO3. The minimum Gasteiger partial charge on any atom is -0.423 e. The molecule has 0 aliphatic heterocycles. The fraction of sp³-hybridized carbons (Fsp3) is 0.188. The quantitative estimate of drug-likeness (QED) is 0.654. The smallest absolute Gasteiger partial charge is 0.423 e. The molecule has 3 rings (SSSR count). The van der Waals surface area contributed by atoms with Crippen LogP contribution in [-0.2, 0) is 17.9 Å². The number of hydrogen-bond donors (Lipinski definition) is 2. The molecule has 5 heteroatoms. The lowest BCUT2D eigenvalue weighted by atomic mass is 9.79. The van der Waals surface area contributed by atoms with Gasteiger partial charge in [0.15, 0.2) is 0 Å². The van der Waals surface area contributed by atoms with E-state index < -0.39 is 7.12 Å². The summed E-state index contributed by atoms with van der Waals surface area (Å²) in [5.74, 6) is 0. The first kappa shape index (κ1) is 13.9. The van der Waals surface area contributed by atoms with Crippen molar-refractivity contribution in [1.29, 1.82) is 0 Å². The Morgan fingerprint density at radius 1 is 1.05 bits per heavy atom. The van der Waals surface area contributed by atoms with Gasteiger partial charge in [0.25, 0.3) is 0 Å². The van der Waals surface area contributed by atoms with Crippen LogP contribution >= 0.6 is 0 Å². The molecule has 1 aliphatic rings. The van der Waals surface area contributed by atoms with E-state index in [1.54, 1.807) is 6.07 Å². The van der Waals surface area contributed by atoms with Crippen molar-refractivity contribution in [1.82, 2.24) is 0 Å². The van der Waals surface area contributed by atoms with Gasteiger partial charge in [-0.2, -0.15) is 0 Å². The molecule has 0 fully saturated rings. The van der Waals surface area contributed by atoms with E-state index in [0.717, 1.165) is 35.2 Å². The van der Waals surface area contributed by atoms with Gasteiger partial charge in [0.1, 0.15) is 6.61 Å². The van der Waals surface area contributed by atoms with Gasteiger partial charge in [0, 0.05) is 5.56 Å². The molecule has 0 spiro atoms. The fourth-order valence-electron chi connectivity index (χ4n) is 2.50. The lowest BCUT2D eigenvalue weighted by Gasteiger charge is -2.04. The molecule has 0 saturated heterocycles. The Kier molecular flexibility index (Phi) is 4.04. The maximum absolute atomic E-state index is 9.19. The number of hydrogen-bond acceptors (Lipinski definition) is 4. The van der Waals surface area contributed by atoms with Crippen molar-refractivity contribution in [2.24, 2.45) is 5.16 Å². The second kappa shape index (κ2) is 6.12. The van der Waals surface area contributed by atoms with E-state index in [9.17, 15) is 10.0 Å². The summed E-state index contributed by atoms with van der Waals surface area (Å²) in [6.45, 7) is 0.451. The molecule has 0 bridgehead atoms. The summed E-state index contributed by atoms with van der Waals surface area (Å²) in [6.07, 6.45) is 1.67.